The van der Waals surface area contributed by atoms with Crippen molar-refractivity contribution in [2.75, 3.05) is 0 Å². The summed E-state index contributed by atoms with van der Waals surface area (Å²) in [6.45, 7) is 0. The lowest BCUT2D eigenvalue weighted by atomic mass is 10.2. The first kappa shape index (κ1) is 14.3. The van der Waals surface area contributed by atoms with Gasteiger partial charge in [-0.25, -0.2) is 4.39 Å². The SMILES string of the molecule is Fc1cc(Br)ccc1CSc1nnc(-c2ccccc2)o1. The molecular formula is C15H10BrFN2OS. The predicted molar refractivity (Wildman–Crippen MR) is 83.4 cm³/mol. The van der Waals surface area contributed by atoms with Gasteiger partial charge in [0, 0.05) is 15.8 Å². The van der Waals surface area contributed by atoms with Crippen molar-refractivity contribution < 1.29 is 8.81 Å². The Morgan fingerprint density at radius 1 is 1.10 bits per heavy atom. The number of rotatable bonds is 4. The van der Waals surface area contributed by atoms with Crippen molar-refractivity contribution >= 4 is 27.7 Å². The molecule has 0 radical (unpaired) electrons. The van der Waals surface area contributed by atoms with Crippen LogP contribution in [0.4, 0.5) is 4.39 Å². The highest BCUT2D eigenvalue weighted by Crippen LogP contribution is 2.27. The van der Waals surface area contributed by atoms with Crippen molar-refractivity contribution in [1.82, 2.24) is 10.2 Å². The summed E-state index contributed by atoms with van der Waals surface area (Å²) in [6.07, 6.45) is 0. The Hall–Kier alpha value is -1.66. The van der Waals surface area contributed by atoms with E-state index in [-0.39, 0.29) is 5.82 Å². The van der Waals surface area contributed by atoms with Crippen LogP contribution in [0.25, 0.3) is 11.5 Å². The minimum Gasteiger partial charge on any atom is -0.411 e. The maximum absolute atomic E-state index is 13.7. The summed E-state index contributed by atoms with van der Waals surface area (Å²) in [7, 11) is 0. The van der Waals surface area contributed by atoms with Gasteiger partial charge in [-0.3, -0.25) is 0 Å². The van der Waals surface area contributed by atoms with Crippen molar-refractivity contribution in [3.8, 4) is 11.5 Å². The monoisotopic (exact) mass is 364 g/mol. The van der Waals surface area contributed by atoms with Gasteiger partial charge in [0.25, 0.3) is 5.22 Å². The Bertz CT molecular complexity index is 748. The molecule has 0 bridgehead atoms. The number of hydrogen-bond acceptors (Lipinski definition) is 4. The lowest BCUT2D eigenvalue weighted by Crippen LogP contribution is -1.87. The van der Waals surface area contributed by atoms with Gasteiger partial charge in [0.15, 0.2) is 0 Å². The zero-order chi connectivity index (χ0) is 14.7. The first-order valence-corrected chi connectivity index (χ1v) is 7.96. The van der Waals surface area contributed by atoms with Crippen molar-refractivity contribution in [1.29, 1.82) is 0 Å². The molecule has 1 heterocycles. The van der Waals surface area contributed by atoms with Gasteiger partial charge in [0.2, 0.25) is 5.89 Å². The third-order valence-corrected chi connectivity index (χ3v) is 4.15. The van der Waals surface area contributed by atoms with E-state index in [1.807, 2.05) is 36.4 Å². The maximum atomic E-state index is 13.7. The standard InChI is InChI=1S/C15H10BrFN2OS/c16-12-7-6-11(13(17)8-12)9-21-15-19-18-14(20-15)10-4-2-1-3-5-10/h1-8H,9H2. The van der Waals surface area contributed by atoms with Gasteiger partial charge in [-0.15, -0.1) is 10.2 Å². The summed E-state index contributed by atoms with van der Waals surface area (Å²) in [5.41, 5.74) is 1.47. The molecule has 0 spiro atoms. The van der Waals surface area contributed by atoms with Crippen LogP contribution in [0.2, 0.25) is 0 Å². The normalized spacial score (nSPS) is 10.8. The molecule has 0 aliphatic heterocycles. The smallest absolute Gasteiger partial charge is 0.277 e. The van der Waals surface area contributed by atoms with Gasteiger partial charge in [-0.1, -0.05) is 52.0 Å². The van der Waals surface area contributed by atoms with Gasteiger partial charge >= 0.3 is 0 Å². The molecule has 0 fully saturated rings. The summed E-state index contributed by atoms with van der Waals surface area (Å²) < 4.78 is 20.0. The lowest BCUT2D eigenvalue weighted by molar-refractivity contribution is 0.465. The third kappa shape index (κ3) is 3.51. The van der Waals surface area contributed by atoms with E-state index in [4.69, 9.17) is 4.42 Å². The second-order valence-electron chi connectivity index (χ2n) is 4.26. The molecule has 0 amide bonds. The van der Waals surface area contributed by atoms with Crippen LogP contribution >= 0.6 is 27.7 Å². The van der Waals surface area contributed by atoms with E-state index in [2.05, 4.69) is 26.1 Å². The number of hydrogen-bond donors (Lipinski definition) is 0. The van der Waals surface area contributed by atoms with E-state index >= 15 is 0 Å². The second kappa shape index (κ2) is 6.41. The van der Waals surface area contributed by atoms with Crippen LogP contribution in [0.5, 0.6) is 0 Å². The highest BCUT2D eigenvalue weighted by Gasteiger charge is 2.10. The van der Waals surface area contributed by atoms with E-state index in [0.29, 0.717) is 22.4 Å². The number of benzene rings is 2. The van der Waals surface area contributed by atoms with Gasteiger partial charge < -0.3 is 4.42 Å². The molecule has 1 aromatic heterocycles. The van der Waals surface area contributed by atoms with Crippen LogP contribution < -0.4 is 0 Å². The molecule has 0 unspecified atom stereocenters. The highest BCUT2D eigenvalue weighted by atomic mass is 79.9. The molecule has 3 rings (SSSR count). The zero-order valence-electron chi connectivity index (χ0n) is 10.8. The van der Waals surface area contributed by atoms with E-state index in [1.54, 1.807) is 6.07 Å². The van der Waals surface area contributed by atoms with Gasteiger partial charge in [0.1, 0.15) is 5.82 Å². The van der Waals surface area contributed by atoms with Crippen LogP contribution in [0.15, 0.2) is 62.6 Å². The predicted octanol–water partition coefficient (Wildman–Crippen LogP) is 4.93. The van der Waals surface area contributed by atoms with Crippen LogP contribution in [0.3, 0.4) is 0 Å². The molecule has 0 atom stereocenters. The number of halogens is 2. The molecule has 3 aromatic rings. The summed E-state index contributed by atoms with van der Waals surface area (Å²) in [5.74, 6) is 0.657. The van der Waals surface area contributed by atoms with Crippen molar-refractivity contribution in [2.24, 2.45) is 0 Å². The first-order valence-electron chi connectivity index (χ1n) is 6.18. The van der Waals surface area contributed by atoms with E-state index < -0.39 is 0 Å². The summed E-state index contributed by atoms with van der Waals surface area (Å²) in [5, 5.41) is 8.39. The lowest BCUT2D eigenvalue weighted by Gasteiger charge is -2.01. The molecule has 0 N–H and O–H groups in total. The summed E-state index contributed by atoms with van der Waals surface area (Å²) in [6, 6.07) is 14.5. The molecule has 3 nitrogen and oxygen atoms in total. The molecule has 6 heteroatoms. The van der Waals surface area contributed by atoms with Gasteiger partial charge in [-0.2, -0.15) is 0 Å². The largest absolute Gasteiger partial charge is 0.411 e. The Labute approximate surface area is 133 Å². The second-order valence-corrected chi connectivity index (χ2v) is 6.11. The van der Waals surface area contributed by atoms with E-state index in [1.165, 1.54) is 17.8 Å². The highest BCUT2D eigenvalue weighted by molar-refractivity contribution is 9.10. The van der Waals surface area contributed by atoms with E-state index in [0.717, 1.165) is 10.0 Å². The first-order chi connectivity index (χ1) is 10.2. The number of aromatic nitrogens is 2. The number of thioether (sulfide) groups is 1. The molecule has 106 valence electrons. The van der Waals surface area contributed by atoms with Crippen LogP contribution in [-0.2, 0) is 5.75 Å². The van der Waals surface area contributed by atoms with Crippen molar-refractivity contribution in [2.45, 2.75) is 11.0 Å². The minimum absolute atomic E-state index is 0.250. The fraction of sp³-hybridized carbons (Fsp3) is 0.0667. The summed E-state index contributed by atoms with van der Waals surface area (Å²) in [4.78, 5) is 0. The number of nitrogens with zero attached hydrogens (tertiary/aromatic N) is 2. The average Bonchev–Trinajstić information content (AvgIpc) is 2.96. The van der Waals surface area contributed by atoms with Crippen LogP contribution in [0, 0.1) is 5.82 Å². The fourth-order valence-corrected chi connectivity index (χ4v) is 2.83. The quantitative estimate of drug-likeness (QED) is 0.615. The molecule has 0 saturated carbocycles. The fourth-order valence-electron chi connectivity index (χ4n) is 1.74. The zero-order valence-corrected chi connectivity index (χ0v) is 13.2. The third-order valence-electron chi connectivity index (χ3n) is 2.79. The average molecular weight is 365 g/mol. The minimum atomic E-state index is -0.250. The Morgan fingerprint density at radius 2 is 1.90 bits per heavy atom. The molecular weight excluding hydrogens is 355 g/mol. The Kier molecular flexibility index (Phi) is 4.36. The molecule has 0 aliphatic rings. The molecule has 21 heavy (non-hydrogen) atoms. The van der Waals surface area contributed by atoms with Crippen LogP contribution in [-0.4, -0.2) is 10.2 Å². The van der Waals surface area contributed by atoms with E-state index in [9.17, 15) is 4.39 Å². The summed E-state index contributed by atoms with van der Waals surface area (Å²) >= 11 is 4.55. The van der Waals surface area contributed by atoms with Crippen LogP contribution in [0.1, 0.15) is 5.56 Å². The van der Waals surface area contributed by atoms with Crippen molar-refractivity contribution in [3.63, 3.8) is 0 Å². The Morgan fingerprint density at radius 3 is 2.67 bits per heavy atom. The molecule has 2 aromatic carbocycles. The topological polar surface area (TPSA) is 38.9 Å². The molecule has 0 saturated heterocycles. The van der Waals surface area contributed by atoms with Gasteiger partial charge in [-0.05, 0) is 29.8 Å². The van der Waals surface area contributed by atoms with Gasteiger partial charge in [0.05, 0.1) is 0 Å². The molecule has 0 aliphatic carbocycles. The van der Waals surface area contributed by atoms with Crippen molar-refractivity contribution in [3.05, 3.63) is 64.4 Å². The maximum Gasteiger partial charge on any atom is 0.277 e. The Balaban J connectivity index is 1.70.